The molecule has 1 aliphatic heterocycles. The molecule has 6 heteroatoms. The van der Waals surface area contributed by atoms with Crippen molar-refractivity contribution >= 4 is 17.2 Å². The van der Waals surface area contributed by atoms with Gasteiger partial charge in [0.2, 0.25) is 0 Å². The zero-order chi connectivity index (χ0) is 18.9. The standard InChI is InChI=1S/C21H27N3O2S/c1-15-19(27-14-22-15)20(25)23-17-7-11-24(12-8-17)13-21(9-10-21)16-3-5-18(26-2)6-4-16/h3-6,14,17H,7-13H2,1-2H3,(H,23,25). The van der Waals surface area contributed by atoms with Crippen LogP contribution in [0.5, 0.6) is 5.75 Å². The number of piperidine rings is 1. The van der Waals surface area contributed by atoms with Crippen LogP contribution in [0.25, 0.3) is 0 Å². The summed E-state index contributed by atoms with van der Waals surface area (Å²) < 4.78 is 5.28. The van der Waals surface area contributed by atoms with Crippen LogP contribution in [0.3, 0.4) is 0 Å². The number of hydrogen-bond acceptors (Lipinski definition) is 5. The van der Waals surface area contributed by atoms with Gasteiger partial charge in [0, 0.05) is 31.1 Å². The number of nitrogens with zero attached hydrogens (tertiary/aromatic N) is 2. The summed E-state index contributed by atoms with van der Waals surface area (Å²) in [6.07, 6.45) is 4.56. The van der Waals surface area contributed by atoms with Crippen molar-refractivity contribution in [3.63, 3.8) is 0 Å². The van der Waals surface area contributed by atoms with Gasteiger partial charge in [0.15, 0.2) is 0 Å². The molecule has 2 fully saturated rings. The molecule has 1 aromatic heterocycles. The van der Waals surface area contributed by atoms with Gasteiger partial charge in [-0.3, -0.25) is 4.79 Å². The molecule has 5 nitrogen and oxygen atoms in total. The number of carbonyl (C=O) groups excluding carboxylic acids is 1. The minimum Gasteiger partial charge on any atom is -0.497 e. The molecule has 0 spiro atoms. The molecule has 0 bridgehead atoms. The highest BCUT2D eigenvalue weighted by Crippen LogP contribution is 2.49. The maximum Gasteiger partial charge on any atom is 0.263 e. The van der Waals surface area contributed by atoms with Crippen LogP contribution in [0, 0.1) is 6.92 Å². The molecule has 2 aromatic rings. The maximum atomic E-state index is 12.4. The molecular weight excluding hydrogens is 358 g/mol. The van der Waals surface area contributed by atoms with Crippen LogP contribution in [0.4, 0.5) is 0 Å². The zero-order valence-electron chi connectivity index (χ0n) is 16.0. The van der Waals surface area contributed by atoms with E-state index in [1.165, 1.54) is 29.7 Å². The average Bonchev–Trinajstić information content (AvgIpc) is 3.34. The van der Waals surface area contributed by atoms with E-state index >= 15 is 0 Å². The predicted molar refractivity (Wildman–Crippen MR) is 108 cm³/mol. The predicted octanol–water partition coefficient (Wildman–Crippen LogP) is 3.39. The lowest BCUT2D eigenvalue weighted by molar-refractivity contribution is 0.0911. The highest BCUT2D eigenvalue weighted by Gasteiger charge is 2.45. The smallest absolute Gasteiger partial charge is 0.263 e. The number of amides is 1. The topological polar surface area (TPSA) is 54.5 Å². The summed E-state index contributed by atoms with van der Waals surface area (Å²) in [5.41, 5.74) is 4.31. The van der Waals surface area contributed by atoms with Crippen molar-refractivity contribution in [3.05, 3.63) is 45.9 Å². The second-order valence-corrected chi connectivity index (χ2v) is 8.65. The molecule has 2 aliphatic rings. The number of aryl methyl sites for hydroxylation is 1. The molecule has 27 heavy (non-hydrogen) atoms. The summed E-state index contributed by atoms with van der Waals surface area (Å²) in [6.45, 7) is 5.10. The fourth-order valence-electron chi connectivity index (χ4n) is 4.07. The van der Waals surface area contributed by atoms with Gasteiger partial charge in [-0.15, -0.1) is 11.3 Å². The number of likely N-dealkylation sites (tertiary alicyclic amines) is 1. The fourth-order valence-corrected chi connectivity index (χ4v) is 4.77. The van der Waals surface area contributed by atoms with E-state index in [1.54, 1.807) is 12.6 Å². The molecular formula is C21H27N3O2S. The van der Waals surface area contributed by atoms with Crippen LogP contribution in [0.1, 0.15) is 46.6 Å². The van der Waals surface area contributed by atoms with Gasteiger partial charge in [-0.2, -0.15) is 0 Å². The Morgan fingerprint density at radius 1 is 1.30 bits per heavy atom. The minimum atomic E-state index is 0.0327. The number of rotatable bonds is 6. The first-order chi connectivity index (χ1) is 13.1. The molecule has 144 valence electrons. The van der Waals surface area contributed by atoms with Crippen molar-refractivity contribution in [2.45, 2.75) is 44.1 Å². The first-order valence-electron chi connectivity index (χ1n) is 9.67. The Labute approximate surface area is 164 Å². The Morgan fingerprint density at radius 2 is 2.00 bits per heavy atom. The largest absolute Gasteiger partial charge is 0.497 e. The van der Waals surface area contributed by atoms with E-state index in [0.29, 0.717) is 5.41 Å². The van der Waals surface area contributed by atoms with Gasteiger partial charge in [0.25, 0.3) is 5.91 Å². The molecule has 1 amide bonds. The van der Waals surface area contributed by atoms with E-state index in [2.05, 4.69) is 39.5 Å². The van der Waals surface area contributed by atoms with Crippen LogP contribution in [-0.2, 0) is 5.41 Å². The second-order valence-electron chi connectivity index (χ2n) is 7.80. The summed E-state index contributed by atoms with van der Waals surface area (Å²) in [6, 6.07) is 8.84. The molecule has 1 saturated heterocycles. The third-order valence-corrected chi connectivity index (χ3v) is 6.88. The van der Waals surface area contributed by atoms with E-state index in [4.69, 9.17) is 4.74 Å². The monoisotopic (exact) mass is 385 g/mol. The van der Waals surface area contributed by atoms with Gasteiger partial charge in [-0.1, -0.05) is 12.1 Å². The Bertz CT molecular complexity index is 790. The van der Waals surface area contributed by atoms with Crippen LogP contribution in [0.15, 0.2) is 29.8 Å². The normalized spacial score (nSPS) is 19.6. The van der Waals surface area contributed by atoms with Crippen molar-refractivity contribution in [3.8, 4) is 5.75 Å². The molecule has 1 aliphatic carbocycles. The number of thiazole rings is 1. The molecule has 1 N–H and O–H groups in total. The van der Waals surface area contributed by atoms with Gasteiger partial charge < -0.3 is 15.0 Å². The quantitative estimate of drug-likeness (QED) is 0.828. The zero-order valence-corrected chi connectivity index (χ0v) is 16.8. The Kier molecular flexibility index (Phi) is 5.19. The molecule has 0 radical (unpaired) electrons. The number of methoxy groups -OCH3 is 1. The van der Waals surface area contributed by atoms with E-state index in [-0.39, 0.29) is 11.9 Å². The molecule has 4 rings (SSSR count). The van der Waals surface area contributed by atoms with E-state index < -0.39 is 0 Å². The lowest BCUT2D eigenvalue weighted by Gasteiger charge is -2.35. The summed E-state index contributed by atoms with van der Waals surface area (Å²) >= 11 is 1.42. The van der Waals surface area contributed by atoms with Crippen LogP contribution in [0.2, 0.25) is 0 Å². The second kappa shape index (κ2) is 7.60. The Balaban J connectivity index is 1.29. The van der Waals surface area contributed by atoms with Crippen molar-refractivity contribution in [2.75, 3.05) is 26.7 Å². The minimum absolute atomic E-state index is 0.0327. The lowest BCUT2D eigenvalue weighted by Crippen LogP contribution is -2.46. The fraction of sp³-hybridized carbons (Fsp3) is 0.524. The highest BCUT2D eigenvalue weighted by atomic mass is 32.1. The lowest BCUT2D eigenvalue weighted by atomic mass is 9.93. The van der Waals surface area contributed by atoms with Crippen molar-refractivity contribution in [1.82, 2.24) is 15.2 Å². The van der Waals surface area contributed by atoms with E-state index in [9.17, 15) is 4.79 Å². The Morgan fingerprint density at radius 3 is 2.56 bits per heavy atom. The summed E-state index contributed by atoms with van der Waals surface area (Å²) in [4.78, 5) is 19.9. The first-order valence-corrected chi connectivity index (χ1v) is 10.6. The summed E-state index contributed by atoms with van der Waals surface area (Å²) in [5, 5.41) is 3.20. The van der Waals surface area contributed by atoms with Crippen LogP contribution >= 0.6 is 11.3 Å². The van der Waals surface area contributed by atoms with Gasteiger partial charge in [-0.05, 0) is 50.3 Å². The number of benzene rings is 1. The molecule has 2 heterocycles. The van der Waals surface area contributed by atoms with Gasteiger partial charge in [0.05, 0.1) is 18.3 Å². The Hall–Kier alpha value is -1.92. The summed E-state index contributed by atoms with van der Waals surface area (Å²) in [5.74, 6) is 0.952. The highest BCUT2D eigenvalue weighted by molar-refractivity contribution is 7.11. The molecule has 0 atom stereocenters. The van der Waals surface area contributed by atoms with Crippen molar-refractivity contribution in [2.24, 2.45) is 0 Å². The third kappa shape index (κ3) is 4.01. The van der Waals surface area contributed by atoms with Gasteiger partial charge in [0.1, 0.15) is 10.6 Å². The third-order valence-electron chi connectivity index (χ3n) is 5.96. The van der Waals surface area contributed by atoms with E-state index in [1.807, 2.05) is 6.92 Å². The molecule has 0 unspecified atom stereocenters. The van der Waals surface area contributed by atoms with Crippen molar-refractivity contribution in [1.29, 1.82) is 0 Å². The number of carbonyl (C=O) groups is 1. The van der Waals surface area contributed by atoms with Gasteiger partial charge in [-0.25, -0.2) is 4.98 Å². The number of ether oxygens (including phenoxy) is 1. The summed E-state index contributed by atoms with van der Waals surface area (Å²) in [7, 11) is 1.71. The average molecular weight is 386 g/mol. The van der Waals surface area contributed by atoms with Crippen LogP contribution < -0.4 is 10.1 Å². The van der Waals surface area contributed by atoms with Gasteiger partial charge >= 0.3 is 0 Å². The number of hydrogen-bond donors (Lipinski definition) is 1. The maximum absolute atomic E-state index is 12.4. The number of aromatic nitrogens is 1. The molecule has 1 aromatic carbocycles. The number of nitrogens with one attached hydrogen (secondary N) is 1. The first kappa shape index (κ1) is 18.4. The van der Waals surface area contributed by atoms with E-state index in [0.717, 1.165) is 48.8 Å². The van der Waals surface area contributed by atoms with Crippen molar-refractivity contribution < 1.29 is 9.53 Å². The molecule has 1 saturated carbocycles. The SMILES string of the molecule is COc1ccc(C2(CN3CCC(NC(=O)c4scnc4C)CC3)CC2)cc1. The van der Waals surface area contributed by atoms with Crippen LogP contribution in [-0.4, -0.2) is 48.6 Å².